The lowest BCUT2D eigenvalue weighted by atomic mass is 9.85. The maximum absolute atomic E-state index is 2.33. The molecule has 0 heterocycles. The van der Waals surface area contributed by atoms with Gasteiger partial charge in [-0.25, -0.2) is 0 Å². The number of hydrogen-bond acceptors (Lipinski definition) is 0. The molecule has 0 spiro atoms. The van der Waals surface area contributed by atoms with Crippen LogP contribution in [0.1, 0.15) is 45.4 Å². The molecule has 12 heavy (non-hydrogen) atoms. The molecule has 0 aromatic heterocycles. The van der Waals surface area contributed by atoms with Crippen molar-refractivity contribution in [2.24, 2.45) is 29.6 Å². The standard InChI is InChI=1S/C12H20/c1-2-3-4-8-5-9-6-10(9)12-7-11(8)12/h8-12H,2-7H2,1H3. The van der Waals surface area contributed by atoms with E-state index < -0.39 is 0 Å². The summed E-state index contributed by atoms with van der Waals surface area (Å²) >= 11 is 0. The van der Waals surface area contributed by atoms with Crippen molar-refractivity contribution in [3.8, 4) is 0 Å². The Kier molecular flexibility index (Phi) is 1.54. The first-order valence-corrected chi connectivity index (χ1v) is 5.90. The summed E-state index contributed by atoms with van der Waals surface area (Å²) in [5.41, 5.74) is 0. The van der Waals surface area contributed by atoms with Crippen molar-refractivity contribution >= 4 is 0 Å². The smallest absolute Gasteiger partial charge is 0.0349 e. The summed E-state index contributed by atoms with van der Waals surface area (Å²) in [5.74, 6) is 6.04. The molecule has 0 aliphatic heterocycles. The molecule has 3 fully saturated rings. The first-order chi connectivity index (χ1) is 5.90. The molecule has 3 aliphatic rings. The summed E-state index contributed by atoms with van der Waals surface area (Å²) in [4.78, 5) is 0. The highest BCUT2D eigenvalue weighted by atomic mass is 14.6. The van der Waals surface area contributed by atoms with Gasteiger partial charge in [0.2, 0.25) is 0 Å². The van der Waals surface area contributed by atoms with Crippen LogP contribution >= 0.6 is 0 Å². The molecule has 0 bridgehead atoms. The van der Waals surface area contributed by atoms with E-state index in [1.165, 1.54) is 42.4 Å². The number of fused-ring (bicyclic) bond motifs is 3. The number of hydrogen-bond donors (Lipinski definition) is 0. The van der Waals surface area contributed by atoms with Crippen molar-refractivity contribution in [2.75, 3.05) is 0 Å². The first kappa shape index (κ1) is 7.41. The molecule has 0 N–H and O–H groups in total. The van der Waals surface area contributed by atoms with Crippen molar-refractivity contribution < 1.29 is 0 Å². The van der Waals surface area contributed by atoms with Crippen LogP contribution in [0.2, 0.25) is 0 Å². The summed E-state index contributed by atoms with van der Waals surface area (Å²) < 4.78 is 0. The van der Waals surface area contributed by atoms with E-state index in [0.717, 1.165) is 0 Å². The van der Waals surface area contributed by atoms with E-state index in [0.29, 0.717) is 0 Å². The van der Waals surface area contributed by atoms with Crippen molar-refractivity contribution in [1.29, 1.82) is 0 Å². The Morgan fingerprint density at radius 1 is 1.00 bits per heavy atom. The van der Waals surface area contributed by atoms with Crippen molar-refractivity contribution in [3.63, 3.8) is 0 Å². The van der Waals surface area contributed by atoms with Crippen LogP contribution in [0, 0.1) is 29.6 Å². The Bertz CT molecular complexity index is 184. The molecule has 5 atom stereocenters. The highest BCUT2D eigenvalue weighted by Crippen LogP contribution is 2.68. The second-order valence-corrected chi connectivity index (χ2v) is 5.36. The van der Waals surface area contributed by atoms with Gasteiger partial charge in [-0.1, -0.05) is 26.2 Å². The lowest BCUT2D eigenvalue weighted by Gasteiger charge is -2.20. The van der Waals surface area contributed by atoms with Gasteiger partial charge in [0.15, 0.2) is 0 Å². The van der Waals surface area contributed by atoms with Gasteiger partial charge in [0, 0.05) is 0 Å². The van der Waals surface area contributed by atoms with Crippen LogP contribution in [-0.4, -0.2) is 0 Å². The van der Waals surface area contributed by atoms with Gasteiger partial charge < -0.3 is 0 Å². The van der Waals surface area contributed by atoms with E-state index in [1.54, 1.807) is 25.7 Å². The molecule has 0 aromatic rings. The second kappa shape index (κ2) is 2.49. The van der Waals surface area contributed by atoms with E-state index in [2.05, 4.69) is 6.92 Å². The SMILES string of the molecule is CCCCC1CC2CC2C2CC12. The third-order valence-corrected chi connectivity index (χ3v) is 4.56. The maximum Gasteiger partial charge on any atom is -0.0349 e. The molecule has 0 radical (unpaired) electrons. The molecular formula is C12H20. The van der Waals surface area contributed by atoms with Gasteiger partial charge >= 0.3 is 0 Å². The average molecular weight is 164 g/mol. The normalized spacial score (nSPS) is 54.2. The van der Waals surface area contributed by atoms with E-state index >= 15 is 0 Å². The number of unbranched alkanes of at least 4 members (excludes halogenated alkanes) is 1. The number of rotatable bonds is 3. The van der Waals surface area contributed by atoms with E-state index in [-0.39, 0.29) is 0 Å². The van der Waals surface area contributed by atoms with E-state index in [9.17, 15) is 0 Å². The topological polar surface area (TPSA) is 0 Å². The fourth-order valence-electron chi connectivity index (χ4n) is 3.70. The zero-order valence-corrected chi connectivity index (χ0v) is 8.13. The van der Waals surface area contributed by atoms with Crippen LogP contribution in [0.5, 0.6) is 0 Å². The van der Waals surface area contributed by atoms with Crippen LogP contribution in [0.15, 0.2) is 0 Å². The van der Waals surface area contributed by atoms with Crippen LogP contribution in [0.3, 0.4) is 0 Å². The maximum atomic E-state index is 2.33. The zero-order chi connectivity index (χ0) is 8.13. The van der Waals surface area contributed by atoms with Gasteiger partial charge in [0.25, 0.3) is 0 Å². The quantitative estimate of drug-likeness (QED) is 0.599. The third kappa shape index (κ3) is 1.03. The lowest BCUT2D eigenvalue weighted by molar-refractivity contribution is 0.298. The highest BCUT2D eigenvalue weighted by molar-refractivity contribution is 5.09. The fourth-order valence-corrected chi connectivity index (χ4v) is 3.70. The van der Waals surface area contributed by atoms with Gasteiger partial charge in [-0.05, 0) is 48.9 Å². The average Bonchev–Trinajstić information content (AvgIpc) is 2.87. The van der Waals surface area contributed by atoms with E-state index in [1.807, 2.05) is 0 Å². The minimum Gasteiger partial charge on any atom is -0.0654 e. The second-order valence-electron chi connectivity index (χ2n) is 5.36. The fraction of sp³-hybridized carbons (Fsp3) is 1.00. The summed E-state index contributed by atoms with van der Waals surface area (Å²) in [6, 6.07) is 0. The van der Waals surface area contributed by atoms with E-state index in [4.69, 9.17) is 0 Å². The highest BCUT2D eigenvalue weighted by Gasteiger charge is 2.60. The molecule has 0 amide bonds. The van der Waals surface area contributed by atoms with Crippen LogP contribution in [0.25, 0.3) is 0 Å². The largest absolute Gasteiger partial charge is 0.0654 e. The van der Waals surface area contributed by atoms with Gasteiger partial charge in [-0.2, -0.15) is 0 Å². The molecule has 3 rings (SSSR count). The minimum atomic E-state index is 1.17. The molecule has 0 aromatic carbocycles. The molecule has 3 aliphatic carbocycles. The molecule has 0 heteroatoms. The Morgan fingerprint density at radius 2 is 1.92 bits per heavy atom. The lowest BCUT2D eigenvalue weighted by Crippen LogP contribution is -2.11. The summed E-state index contributed by atoms with van der Waals surface area (Å²) in [6.07, 6.45) is 9.30. The summed E-state index contributed by atoms with van der Waals surface area (Å²) in [5, 5.41) is 0. The minimum absolute atomic E-state index is 1.17. The van der Waals surface area contributed by atoms with Gasteiger partial charge in [-0.15, -0.1) is 0 Å². The van der Waals surface area contributed by atoms with Crippen LogP contribution in [0.4, 0.5) is 0 Å². The Morgan fingerprint density at radius 3 is 2.75 bits per heavy atom. The monoisotopic (exact) mass is 164 g/mol. The van der Waals surface area contributed by atoms with Gasteiger partial charge in [0.05, 0.1) is 0 Å². The predicted octanol–water partition coefficient (Wildman–Crippen LogP) is 3.47. The molecule has 5 unspecified atom stereocenters. The van der Waals surface area contributed by atoms with Crippen molar-refractivity contribution in [2.45, 2.75) is 45.4 Å². The van der Waals surface area contributed by atoms with Crippen LogP contribution < -0.4 is 0 Å². The third-order valence-electron chi connectivity index (χ3n) is 4.56. The van der Waals surface area contributed by atoms with Gasteiger partial charge in [0.1, 0.15) is 0 Å². The summed E-state index contributed by atoms with van der Waals surface area (Å²) in [6.45, 7) is 2.33. The predicted molar refractivity (Wildman–Crippen MR) is 50.8 cm³/mol. The van der Waals surface area contributed by atoms with Crippen molar-refractivity contribution in [1.82, 2.24) is 0 Å². The molecule has 3 saturated carbocycles. The zero-order valence-electron chi connectivity index (χ0n) is 8.13. The first-order valence-electron chi connectivity index (χ1n) is 5.90. The molecule has 0 nitrogen and oxygen atoms in total. The van der Waals surface area contributed by atoms with Crippen LogP contribution in [-0.2, 0) is 0 Å². The summed E-state index contributed by atoms with van der Waals surface area (Å²) in [7, 11) is 0. The molecule has 0 saturated heterocycles. The molecule has 68 valence electrons. The van der Waals surface area contributed by atoms with Crippen molar-refractivity contribution in [3.05, 3.63) is 0 Å². The Labute approximate surface area is 75.7 Å². The Balaban J connectivity index is 1.58. The van der Waals surface area contributed by atoms with Gasteiger partial charge in [-0.3, -0.25) is 0 Å². The Hall–Kier alpha value is 0. The molecular weight excluding hydrogens is 144 g/mol.